The minimum Gasteiger partial charge on any atom is -0.312 e. The van der Waals surface area contributed by atoms with Crippen molar-refractivity contribution in [1.82, 2.24) is 10.2 Å². The lowest BCUT2D eigenvalue weighted by Gasteiger charge is -2.37. The summed E-state index contributed by atoms with van der Waals surface area (Å²) in [6, 6.07) is 1.49. The normalized spacial score (nSPS) is 29.4. The van der Waals surface area contributed by atoms with Gasteiger partial charge in [-0.25, -0.2) is 0 Å². The minimum atomic E-state index is 0.721. The van der Waals surface area contributed by atoms with Gasteiger partial charge in [0.05, 0.1) is 0 Å². The first-order valence-corrected chi connectivity index (χ1v) is 6.73. The molecule has 2 aliphatic rings. The molecular formula is C13H26N2. The van der Waals surface area contributed by atoms with Crippen molar-refractivity contribution in [3.05, 3.63) is 0 Å². The first kappa shape index (κ1) is 11.4. The van der Waals surface area contributed by atoms with Crippen LogP contribution < -0.4 is 5.32 Å². The predicted octanol–water partition coefficient (Wildman–Crippen LogP) is 2.25. The monoisotopic (exact) mass is 210 g/mol. The van der Waals surface area contributed by atoms with Gasteiger partial charge in [-0.1, -0.05) is 6.42 Å². The van der Waals surface area contributed by atoms with Crippen LogP contribution in [-0.4, -0.2) is 36.6 Å². The van der Waals surface area contributed by atoms with Gasteiger partial charge >= 0.3 is 0 Å². The summed E-state index contributed by atoms with van der Waals surface area (Å²) in [6.45, 7) is 8.48. The first-order chi connectivity index (χ1) is 7.25. The van der Waals surface area contributed by atoms with Gasteiger partial charge in [-0.3, -0.25) is 4.90 Å². The number of nitrogens with zero attached hydrogens (tertiary/aromatic N) is 1. The highest BCUT2D eigenvalue weighted by atomic mass is 15.2. The smallest absolute Gasteiger partial charge is 0.0195 e. The highest BCUT2D eigenvalue weighted by Crippen LogP contribution is 2.25. The number of hydrogen-bond acceptors (Lipinski definition) is 2. The van der Waals surface area contributed by atoms with Crippen LogP contribution in [-0.2, 0) is 0 Å². The lowest BCUT2D eigenvalue weighted by atomic mass is 9.85. The standard InChI is InChI=1S/C13H26N2/c1-11(2)15-8-4-7-13(10-15)14-9-12-5-3-6-12/h11-14H,3-10H2,1-2H3. The fourth-order valence-electron chi connectivity index (χ4n) is 2.67. The molecule has 2 heteroatoms. The Balaban J connectivity index is 1.67. The van der Waals surface area contributed by atoms with Crippen molar-refractivity contribution in [3.8, 4) is 0 Å². The zero-order valence-electron chi connectivity index (χ0n) is 10.3. The molecule has 0 aromatic heterocycles. The molecule has 2 rings (SSSR count). The number of piperidine rings is 1. The van der Waals surface area contributed by atoms with Crippen molar-refractivity contribution in [2.24, 2.45) is 5.92 Å². The summed E-state index contributed by atoms with van der Waals surface area (Å²) in [6.07, 6.45) is 7.16. The van der Waals surface area contributed by atoms with E-state index in [0.717, 1.165) is 18.0 Å². The van der Waals surface area contributed by atoms with Crippen LogP contribution in [0.1, 0.15) is 46.0 Å². The van der Waals surface area contributed by atoms with Gasteiger partial charge in [0.1, 0.15) is 0 Å². The summed E-state index contributed by atoms with van der Waals surface area (Å²) in [5.41, 5.74) is 0. The maximum atomic E-state index is 3.77. The molecule has 0 aromatic rings. The Morgan fingerprint density at radius 1 is 1.20 bits per heavy atom. The van der Waals surface area contributed by atoms with Crippen molar-refractivity contribution in [3.63, 3.8) is 0 Å². The maximum absolute atomic E-state index is 3.77. The second-order valence-electron chi connectivity index (χ2n) is 5.63. The lowest BCUT2D eigenvalue weighted by molar-refractivity contribution is 0.148. The molecule has 0 amide bonds. The predicted molar refractivity (Wildman–Crippen MR) is 65.1 cm³/mol. The number of rotatable bonds is 4. The zero-order chi connectivity index (χ0) is 10.7. The number of hydrogen-bond donors (Lipinski definition) is 1. The molecule has 0 bridgehead atoms. The summed E-state index contributed by atoms with van der Waals surface area (Å²) < 4.78 is 0. The third-order valence-corrected chi connectivity index (χ3v) is 4.10. The summed E-state index contributed by atoms with van der Waals surface area (Å²) >= 11 is 0. The van der Waals surface area contributed by atoms with E-state index in [1.807, 2.05) is 0 Å². The van der Waals surface area contributed by atoms with Gasteiger partial charge in [-0.15, -0.1) is 0 Å². The maximum Gasteiger partial charge on any atom is 0.0195 e. The molecule has 1 aliphatic heterocycles. The number of likely N-dealkylation sites (tertiary alicyclic amines) is 1. The minimum absolute atomic E-state index is 0.721. The molecule has 1 unspecified atom stereocenters. The van der Waals surface area contributed by atoms with E-state index in [2.05, 4.69) is 24.1 Å². The molecule has 88 valence electrons. The second kappa shape index (κ2) is 5.31. The molecule has 2 nitrogen and oxygen atoms in total. The number of nitrogens with one attached hydrogen (secondary N) is 1. The molecule has 1 heterocycles. The second-order valence-corrected chi connectivity index (χ2v) is 5.63. The Kier molecular flexibility index (Phi) is 4.04. The molecule has 2 fully saturated rings. The summed E-state index contributed by atoms with van der Waals surface area (Å²) in [5, 5.41) is 3.77. The van der Waals surface area contributed by atoms with E-state index >= 15 is 0 Å². The van der Waals surface area contributed by atoms with E-state index < -0.39 is 0 Å². The molecule has 0 spiro atoms. The van der Waals surface area contributed by atoms with Crippen LogP contribution in [0.3, 0.4) is 0 Å². The molecule has 0 aromatic carbocycles. The fraction of sp³-hybridized carbons (Fsp3) is 1.00. The van der Waals surface area contributed by atoms with Crippen LogP contribution in [0.4, 0.5) is 0 Å². The Morgan fingerprint density at radius 2 is 2.00 bits per heavy atom. The van der Waals surface area contributed by atoms with Crippen LogP contribution in [0.25, 0.3) is 0 Å². The van der Waals surface area contributed by atoms with Crippen molar-refractivity contribution < 1.29 is 0 Å². The van der Waals surface area contributed by atoms with E-state index in [4.69, 9.17) is 0 Å². The molecule has 1 aliphatic carbocycles. The largest absolute Gasteiger partial charge is 0.312 e. The molecule has 0 radical (unpaired) electrons. The average Bonchev–Trinajstić information content (AvgIpc) is 2.16. The topological polar surface area (TPSA) is 15.3 Å². The SMILES string of the molecule is CC(C)N1CCCC(NCC2CCC2)C1. The lowest BCUT2D eigenvalue weighted by Crippen LogP contribution is -2.49. The van der Waals surface area contributed by atoms with Gasteiger partial charge in [0.25, 0.3) is 0 Å². The van der Waals surface area contributed by atoms with Crippen LogP contribution >= 0.6 is 0 Å². The Labute approximate surface area is 94.4 Å². The Bertz CT molecular complexity index is 187. The van der Waals surface area contributed by atoms with Gasteiger partial charge in [-0.05, 0) is 58.5 Å². The highest BCUT2D eigenvalue weighted by molar-refractivity contribution is 4.82. The third kappa shape index (κ3) is 3.18. The van der Waals surface area contributed by atoms with Crippen LogP contribution in [0, 0.1) is 5.92 Å². The summed E-state index contributed by atoms with van der Waals surface area (Å²) in [5.74, 6) is 0.999. The molecular weight excluding hydrogens is 184 g/mol. The fourth-order valence-corrected chi connectivity index (χ4v) is 2.67. The van der Waals surface area contributed by atoms with Crippen molar-refractivity contribution >= 4 is 0 Å². The van der Waals surface area contributed by atoms with Crippen molar-refractivity contribution in [1.29, 1.82) is 0 Å². The molecule has 1 saturated carbocycles. The van der Waals surface area contributed by atoms with E-state index in [9.17, 15) is 0 Å². The van der Waals surface area contributed by atoms with E-state index in [1.54, 1.807) is 0 Å². The quantitative estimate of drug-likeness (QED) is 0.765. The van der Waals surface area contributed by atoms with Gasteiger partial charge < -0.3 is 5.32 Å². The molecule has 15 heavy (non-hydrogen) atoms. The van der Waals surface area contributed by atoms with Crippen molar-refractivity contribution in [2.75, 3.05) is 19.6 Å². The Morgan fingerprint density at radius 3 is 2.60 bits per heavy atom. The van der Waals surface area contributed by atoms with E-state index in [0.29, 0.717) is 0 Å². The summed E-state index contributed by atoms with van der Waals surface area (Å²) in [7, 11) is 0. The van der Waals surface area contributed by atoms with Crippen molar-refractivity contribution in [2.45, 2.75) is 58.0 Å². The average molecular weight is 210 g/mol. The molecule has 1 atom stereocenters. The van der Waals surface area contributed by atoms with Gasteiger partial charge in [0.15, 0.2) is 0 Å². The van der Waals surface area contributed by atoms with Gasteiger partial charge in [0, 0.05) is 18.6 Å². The van der Waals surface area contributed by atoms with E-state index in [1.165, 1.54) is 51.7 Å². The summed E-state index contributed by atoms with van der Waals surface area (Å²) in [4.78, 5) is 2.61. The Hall–Kier alpha value is -0.0800. The molecule has 1 saturated heterocycles. The van der Waals surface area contributed by atoms with E-state index in [-0.39, 0.29) is 0 Å². The third-order valence-electron chi connectivity index (χ3n) is 4.10. The van der Waals surface area contributed by atoms with Crippen LogP contribution in [0.5, 0.6) is 0 Å². The van der Waals surface area contributed by atoms with Crippen LogP contribution in [0.2, 0.25) is 0 Å². The first-order valence-electron chi connectivity index (χ1n) is 6.73. The van der Waals surface area contributed by atoms with Crippen LogP contribution in [0.15, 0.2) is 0 Å². The highest BCUT2D eigenvalue weighted by Gasteiger charge is 2.23. The van der Waals surface area contributed by atoms with Gasteiger partial charge in [0.2, 0.25) is 0 Å². The zero-order valence-corrected chi connectivity index (χ0v) is 10.3. The molecule has 1 N–H and O–H groups in total. The van der Waals surface area contributed by atoms with Gasteiger partial charge in [-0.2, -0.15) is 0 Å².